The van der Waals surface area contributed by atoms with Crippen molar-refractivity contribution < 1.29 is 14.6 Å². The third-order valence-corrected chi connectivity index (χ3v) is 3.27. The van der Waals surface area contributed by atoms with Crippen molar-refractivity contribution in [3.05, 3.63) is 0 Å². The van der Waals surface area contributed by atoms with E-state index in [1.54, 1.807) is 0 Å². The van der Waals surface area contributed by atoms with Crippen molar-refractivity contribution in [2.45, 2.75) is 44.3 Å². The van der Waals surface area contributed by atoms with E-state index in [1.165, 1.54) is 0 Å². The average Bonchev–Trinajstić information content (AvgIpc) is 2.63. The van der Waals surface area contributed by atoms with Crippen molar-refractivity contribution in [3.63, 3.8) is 0 Å². The van der Waals surface area contributed by atoms with Crippen molar-refractivity contribution in [2.75, 3.05) is 19.8 Å². The topological polar surface area (TPSA) is 38.7 Å². The summed E-state index contributed by atoms with van der Waals surface area (Å²) in [5.41, 5.74) is 0. The Hall–Kier alpha value is -0.120. The number of ether oxygens (including phenoxy) is 2. The van der Waals surface area contributed by atoms with Crippen LogP contribution in [0, 0.1) is 5.92 Å². The maximum atomic E-state index is 9.34. The Morgan fingerprint density at radius 3 is 2.57 bits per heavy atom. The molecule has 0 aromatic carbocycles. The third kappa shape index (κ3) is 2.94. The summed E-state index contributed by atoms with van der Waals surface area (Å²) >= 11 is 0. The molecule has 2 atom stereocenters. The van der Waals surface area contributed by atoms with Crippen molar-refractivity contribution in [2.24, 2.45) is 5.92 Å². The molecule has 0 aromatic heterocycles. The van der Waals surface area contributed by atoms with Crippen molar-refractivity contribution in [1.82, 2.24) is 0 Å². The second-order valence-corrected chi connectivity index (χ2v) is 4.48. The standard InChI is InChI=1S/C11H20O3/c12-10-1-2-11(7-10)14-8-9-3-5-13-6-4-9/h9-12H,1-8H2. The quantitative estimate of drug-likeness (QED) is 0.747. The molecule has 1 heterocycles. The molecule has 1 aliphatic carbocycles. The average molecular weight is 200 g/mol. The summed E-state index contributed by atoms with van der Waals surface area (Å²) in [6, 6.07) is 0. The van der Waals surface area contributed by atoms with Gasteiger partial charge in [-0.3, -0.25) is 0 Å². The molecule has 0 bridgehead atoms. The van der Waals surface area contributed by atoms with Crippen LogP contribution in [0.5, 0.6) is 0 Å². The number of hydrogen-bond acceptors (Lipinski definition) is 3. The maximum Gasteiger partial charge on any atom is 0.0600 e. The zero-order chi connectivity index (χ0) is 9.80. The van der Waals surface area contributed by atoms with Gasteiger partial charge in [0.15, 0.2) is 0 Å². The highest BCUT2D eigenvalue weighted by molar-refractivity contribution is 4.75. The Morgan fingerprint density at radius 2 is 1.93 bits per heavy atom. The lowest BCUT2D eigenvalue weighted by Crippen LogP contribution is -2.23. The van der Waals surface area contributed by atoms with Gasteiger partial charge in [-0.15, -0.1) is 0 Å². The predicted molar refractivity (Wildman–Crippen MR) is 53.1 cm³/mol. The zero-order valence-electron chi connectivity index (χ0n) is 8.65. The van der Waals surface area contributed by atoms with E-state index in [1.807, 2.05) is 0 Å². The molecular formula is C11H20O3. The summed E-state index contributed by atoms with van der Waals surface area (Å²) in [5, 5.41) is 9.34. The van der Waals surface area contributed by atoms with Gasteiger partial charge in [0.1, 0.15) is 0 Å². The van der Waals surface area contributed by atoms with Gasteiger partial charge in [-0.05, 0) is 38.0 Å². The fourth-order valence-electron chi connectivity index (χ4n) is 2.25. The summed E-state index contributed by atoms with van der Waals surface area (Å²) < 4.78 is 11.1. The van der Waals surface area contributed by atoms with Gasteiger partial charge in [-0.2, -0.15) is 0 Å². The highest BCUT2D eigenvalue weighted by Gasteiger charge is 2.24. The van der Waals surface area contributed by atoms with Gasteiger partial charge in [0.25, 0.3) is 0 Å². The van der Waals surface area contributed by atoms with E-state index in [0.717, 1.165) is 51.9 Å². The Morgan fingerprint density at radius 1 is 1.14 bits per heavy atom. The summed E-state index contributed by atoms with van der Waals surface area (Å²) in [4.78, 5) is 0. The van der Waals surface area contributed by atoms with Crippen LogP contribution in [0.4, 0.5) is 0 Å². The molecule has 14 heavy (non-hydrogen) atoms. The Balaban J connectivity index is 1.61. The summed E-state index contributed by atoms with van der Waals surface area (Å²) in [6.07, 6.45) is 5.25. The molecule has 82 valence electrons. The lowest BCUT2D eigenvalue weighted by Gasteiger charge is -2.23. The SMILES string of the molecule is OC1CCC(OCC2CCOCC2)C1. The first-order chi connectivity index (χ1) is 6.84. The maximum absolute atomic E-state index is 9.34. The molecule has 1 saturated carbocycles. The van der Waals surface area contributed by atoms with E-state index in [2.05, 4.69) is 0 Å². The minimum Gasteiger partial charge on any atom is -0.393 e. The van der Waals surface area contributed by atoms with Gasteiger partial charge in [0.05, 0.1) is 12.2 Å². The van der Waals surface area contributed by atoms with Gasteiger partial charge >= 0.3 is 0 Å². The highest BCUT2D eigenvalue weighted by atomic mass is 16.5. The first-order valence-electron chi connectivity index (χ1n) is 5.72. The fourth-order valence-corrected chi connectivity index (χ4v) is 2.25. The molecule has 1 aliphatic heterocycles. The van der Waals surface area contributed by atoms with Crippen LogP contribution in [0.15, 0.2) is 0 Å². The molecule has 2 fully saturated rings. The minimum absolute atomic E-state index is 0.116. The summed E-state index contributed by atoms with van der Waals surface area (Å²) in [5.74, 6) is 0.682. The van der Waals surface area contributed by atoms with Crippen LogP contribution in [-0.4, -0.2) is 37.1 Å². The molecule has 0 aromatic rings. The lowest BCUT2D eigenvalue weighted by molar-refractivity contribution is -0.0120. The molecule has 3 nitrogen and oxygen atoms in total. The van der Waals surface area contributed by atoms with Gasteiger partial charge in [0.2, 0.25) is 0 Å². The largest absolute Gasteiger partial charge is 0.393 e. The number of rotatable bonds is 3. The monoisotopic (exact) mass is 200 g/mol. The van der Waals surface area contributed by atoms with Crippen LogP contribution < -0.4 is 0 Å². The van der Waals surface area contributed by atoms with Crippen molar-refractivity contribution >= 4 is 0 Å². The fraction of sp³-hybridized carbons (Fsp3) is 1.00. The van der Waals surface area contributed by atoms with Gasteiger partial charge in [0, 0.05) is 19.8 Å². The van der Waals surface area contributed by atoms with Gasteiger partial charge in [-0.1, -0.05) is 0 Å². The Bertz CT molecular complexity index is 161. The van der Waals surface area contributed by atoms with Crippen LogP contribution in [0.3, 0.4) is 0 Å². The first-order valence-corrected chi connectivity index (χ1v) is 5.72. The van der Waals surface area contributed by atoms with Crippen molar-refractivity contribution in [3.8, 4) is 0 Å². The Kier molecular flexibility index (Phi) is 3.79. The summed E-state index contributed by atoms with van der Waals surface area (Å²) in [7, 11) is 0. The predicted octanol–water partition coefficient (Wildman–Crippen LogP) is 1.34. The van der Waals surface area contributed by atoms with Crippen LogP contribution in [0.25, 0.3) is 0 Å². The van der Waals surface area contributed by atoms with E-state index in [9.17, 15) is 5.11 Å². The number of hydrogen-bond donors (Lipinski definition) is 1. The second-order valence-electron chi connectivity index (χ2n) is 4.48. The molecule has 0 spiro atoms. The normalized spacial score (nSPS) is 34.9. The van der Waals surface area contributed by atoms with Gasteiger partial charge in [-0.25, -0.2) is 0 Å². The Labute approximate surface area is 85.4 Å². The van der Waals surface area contributed by atoms with E-state index in [0.29, 0.717) is 12.0 Å². The number of aliphatic hydroxyl groups excluding tert-OH is 1. The second kappa shape index (κ2) is 5.10. The molecule has 2 unspecified atom stereocenters. The molecule has 1 saturated heterocycles. The third-order valence-electron chi connectivity index (χ3n) is 3.27. The van der Waals surface area contributed by atoms with E-state index < -0.39 is 0 Å². The van der Waals surface area contributed by atoms with Crippen LogP contribution in [0.1, 0.15) is 32.1 Å². The van der Waals surface area contributed by atoms with E-state index in [-0.39, 0.29) is 6.10 Å². The van der Waals surface area contributed by atoms with Crippen molar-refractivity contribution in [1.29, 1.82) is 0 Å². The first kappa shape index (κ1) is 10.4. The van der Waals surface area contributed by atoms with Crippen LogP contribution in [0.2, 0.25) is 0 Å². The smallest absolute Gasteiger partial charge is 0.0600 e. The molecular weight excluding hydrogens is 180 g/mol. The molecule has 0 radical (unpaired) electrons. The van der Waals surface area contributed by atoms with Crippen LogP contribution in [-0.2, 0) is 9.47 Å². The van der Waals surface area contributed by atoms with E-state index in [4.69, 9.17) is 9.47 Å². The molecule has 1 N–H and O–H groups in total. The van der Waals surface area contributed by atoms with E-state index >= 15 is 0 Å². The molecule has 2 aliphatic rings. The molecule has 2 rings (SSSR count). The van der Waals surface area contributed by atoms with Gasteiger partial charge < -0.3 is 14.6 Å². The summed E-state index contributed by atoms with van der Waals surface area (Å²) in [6.45, 7) is 2.64. The zero-order valence-corrected chi connectivity index (χ0v) is 8.65. The molecule has 3 heteroatoms. The van der Waals surface area contributed by atoms with Crippen LogP contribution >= 0.6 is 0 Å². The molecule has 0 amide bonds. The number of aliphatic hydroxyl groups is 1. The lowest BCUT2D eigenvalue weighted by atomic mass is 10.0. The highest BCUT2D eigenvalue weighted by Crippen LogP contribution is 2.24. The minimum atomic E-state index is -0.116.